The molecule has 0 heterocycles. The number of halogens is 1. The molecule has 0 spiro atoms. The van der Waals surface area contributed by atoms with Crippen LogP contribution < -0.4 is 0 Å². The molecule has 0 aliphatic heterocycles. The summed E-state index contributed by atoms with van der Waals surface area (Å²) in [6, 6.07) is 16.5. The van der Waals surface area contributed by atoms with E-state index in [0.717, 1.165) is 0 Å². The fraction of sp³-hybridized carbons (Fsp3) is 0.500. The Balaban J connectivity index is 1.25. The number of rotatable bonds is 16. The molecule has 2 aromatic rings. The Morgan fingerprint density at radius 2 is 1.24 bits per heavy atom. The van der Waals surface area contributed by atoms with Crippen LogP contribution in [-0.4, -0.2) is 90.7 Å². The van der Waals surface area contributed by atoms with E-state index in [0.29, 0.717) is 59.4 Å². The summed E-state index contributed by atoms with van der Waals surface area (Å²) >= 11 is 0. The normalized spacial score (nSPS) is 12.4. The van der Waals surface area contributed by atoms with Crippen molar-refractivity contribution in [1.82, 2.24) is 4.90 Å². The molecule has 0 bridgehead atoms. The van der Waals surface area contributed by atoms with Gasteiger partial charge in [0.05, 0.1) is 52.9 Å². The molecule has 3 rings (SSSR count). The average Bonchev–Trinajstić information content (AvgIpc) is 3.19. The Hall–Kier alpha value is -2.52. The summed E-state index contributed by atoms with van der Waals surface area (Å²) in [5.74, 6) is 0.0461. The van der Waals surface area contributed by atoms with E-state index in [1.807, 2.05) is 24.3 Å². The van der Waals surface area contributed by atoms with Gasteiger partial charge in [-0.3, -0.25) is 0 Å². The van der Waals surface area contributed by atoms with Gasteiger partial charge >= 0.3 is 6.09 Å². The molecule has 0 N–H and O–H groups in total. The lowest BCUT2D eigenvalue weighted by atomic mass is 9.98. The molecular formula is C26H34FNO6. The van der Waals surface area contributed by atoms with Gasteiger partial charge in [-0.2, -0.15) is 0 Å². The van der Waals surface area contributed by atoms with E-state index in [1.165, 1.54) is 27.2 Å². The van der Waals surface area contributed by atoms with Crippen LogP contribution in [0.2, 0.25) is 0 Å². The molecule has 8 heteroatoms. The standard InChI is InChI=1S/C26H34FNO6/c1-28(11-13-31-15-17-33-19-18-32-16-14-30-12-10-27)26(29)34-20-25-23-8-4-2-6-21(23)22-7-3-5-9-24(22)25/h2-9,25H,10-20H2,1H3. The summed E-state index contributed by atoms with van der Waals surface area (Å²) in [6.45, 7) is 3.32. The van der Waals surface area contributed by atoms with E-state index in [2.05, 4.69) is 24.3 Å². The van der Waals surface area contributed by atoms with Gasteiger partial charge in [-0.1, -0.05) is 48.5 Å². The third kappa shape index (κ3) is 7.77. The molecule has 7 nitrogen and oxygen atoms in total. The Morgan fingerprint density at radius 1 is 0.765 bits per heavy atom. The molecule has 1 aliphatic rings. The molecule has 0 atom stereocenters. The number of benzene rings is 2. The highest BCUT2D eigenvalue weighted by atomic mass is 19.1. The van der Waals surface area contributed by atoms with Gasteiger partial charge in [0.15, 0.2) is 0 Å². The minimum atomic E-state index is -0.482. The minimum absolute atomic E-state index is 0.0461. The highest BCUT2D eigenvalue weighted by Crippen LogP contribution is 2.44. The maximum Gasteiger partial charge on any atom is 0.409 e. The first-order valence-corrected chi connectivity index (χ1v) is 11.7. The van der Waals surface area contributed by atoms with Gasteiger partial charge in [0.25, 0.3) is 0 Å². The van der Waals surface area contributed by atoms with Crippen LogP contribution in [-0.2, 0) is 23.7 Å². The van der Waals surface area contributed by atoms with E-state index in [4.69, 9.17) is 23.7 Å². The van der Waals surface area contributed by atoms with Crippen LogP contribution >= 0.6 is 0 Å². The SMILES string of the molecule is CN(CCOCCOCCOCCOCCF)C(=O)OCC1c2ccccc2-c2ccccc21. The molecule has 1 aliphatic carbocycles. The first-order valence-electron chi connectivity index (χ1n) is 11.7. The number of hydrogen-bond acceptors (Lipinski definition) is 6. The number of carbonyl (C=O) groups is 1. The van der Waals surface area contributed by atoms with Crippen LogP contribution in [0, 0.1) is 0 Å². The van der Waals surface area contributed by atoms with Gasteiger partial charge in [0, 0.05) is 19.5 Å². The van der Waals surface area contributed by atoms with Gasteiger partial charge in [-0.15, -0.1) is 0 Å². The van der Waals surface area contributed by atoms with Crippen LogP contribution in [0.25, 0.3) is 11.1 Å². The Morgan fingerprint density at radius 3 is 1.76 bits per heavy atom. The maximum absolute atomic E-state index is 12.5. The molecule has 34 heavy (non-hydrogen) atoms. The van der Waals surface area contributed by atoms with Crippen molar-refractivity contribution in [3.8, 4) is 11.1 Å². The summed E-state index contributed by atoms with van der Waals surface area (Å²) in [6.07, 6.45) is -0.366. The number of fused-ring (bicyclic) bond motifs is 3. The fourth-order valence-corrected chi connectivity index (χ4v) is 3.81. The lowest BCUT2D eigenvalue weighted by Gasteiger charge is -2.19. The number of carbonyl (C=O) groups excluding carboxylic acids is 1. The molecule has 0 unspecified atom stereocenters. The van der Waals surface area contributed by atoms with Crippen molar-refractivity contribution in [1.29, 1.82) is 0 Å². The van der Waals surface area contributed by atoms with Gasteiger partial charge in [0.1, 0.15) is 13.3 Å². The zero-order chi connectivity index (χ0) is 24.0. The quantitative estimate of drug-likeness (QED) is 0.343. The monoisotopic (exact) mass is 475 g/mol. The summed E-state index contributed by atoms with van der Waals surface area (Å²) in [7, 11) is 1.70. The minimum Gasteiger partial charge on any atom is -0.448 e. The Labute approximate surface area is 200 Å². The van der Waals surface area contributed by atoms with Crippen LogP contribution in [0.5, 0.6) is 0 Å². The third-order valence-electron chi connectivity index (χ3n) is 5.56. The fourth-order valence-electron chi connectivity index (χ4n) is 3.81. The Bertz CT molecular complexity index is 834. The Kier molecular flexibility index (Phi) is 11.3. The highest BCUT2D eigenvalue weighted by molar-refractivity contribution is 5.79. The van der Waals surface area contributed by atoms with Crippen molar-refractivity contribution in [3.63, 3.8) is 0 Å². The average molecular weight is 476 g/mol. The van der Waals surface area contributed by atoms with Crippen LogP contribution in [0.3, 0.4) is 0 Å². The molecule has 186 valence electrons. The summed E-state index contributed by atoms with van der Waals surface area (Å²) in [5, 5.41) is 0. The number of hydrogen-bond donors (Lipinski definition) is 0. The van der Waals surface area contributed by atoms with Crippen molar-refractivity contribution in [3.05, 3.63) is 59.7 Å². The maximum atomic E-state index is 12.5. The van der Waals surface area contributed by atoms with Gasteiger partial charge in [0.2, 0.25) is 0 Å². The van der Waals surface area contributed by atoms with Gasteiger partial charge in [-0.25, -0.2) is 9.18 Å². The molecule has 0 aromatic heterocycles. The number of nitrogens with zero attached hydrogens (tertiary/aromatic N) is 1. The first-order chi connectivity index (χ1) is 16.7. The molecule has 2 aromatic carbocycles. The molecule has 0 radical (unpaired) electrons. The summed E-state index contributed by atoms with van der Waals surface area (Å²) < 4.78 is 38.7. The van der Waals surface area contributed by atoms with Crippen molar-refractivity contribution in [2.24, 2.45) is 0 Å². The smallest absolute Gasteiger partial charge is 0.409 e. The molecule has 0 saturated heterocycles. The predicted molar refractivity (Wildman–Crippen MR) is 127 cm³/mol. The van der Waals surface area contributed by atoms with E-state index in [9.17, 15) is 9.18 Å². The topological polar surface area (TPSA) is 66.5 Å². The van der Waals surface area contributed by atoms with Crippen molar-refractivity contribution in [2.75, 3.05) is 79.7 Å². The summed E-state index contributed by atoms with van der Waals surface area (Å²) in [5.41, 5.74) is 4.80. The van der Waals surface area contributed by atoms with E-state index in [-0.39, 0.29) is 18.6 Å². The second-order valence-electron chi connectivity index (χ2n) is 7.86. The van der Waals surface area contributed by atoms with Crippen LogP contribution in [0.15, 0.2) is 48.5 Å². The first kappa shape index (κ1) is 26.1. The van der Waals surface area contributed by atoms with Crippen molar-refractivity contribution in [2.45, 2.75) is 5.92 Å². The number of likely N-dealkylation sites (N-methyl/N-ethyl adjacent to an activating group) is 1. The van der Waals surface area contributed by atoms with Gasteiger partial charge in [-0.05, 0) is 22.3 Å². The number of amides is 1. The highest BCUT2D eigenvalue weighted by Gasteiger charge is 2.29. The molecule has 0 fully saturated rings. The third-order valence-corrected chi connectivity index (χ3v) is 5.56. The molecule has 1 amide bonds. The van der Waals surface area contributed by atoms with E-state index >= 15 is 0 Å². The van der Waals surface area contributed by atoms with Crippen molar-refractivity contribution < 1.29 is 32.9 Å². The molecular weight excluding hydrogens is 441 g/mol. The zero-order valence-corrected chi connectivity index (χ0v) is 19.7. The van der Waals surface area contributed by atoms with Gasteiger partial charge < -0.3 is 28.6 Å². The van der Waals surface area contributed by atoms with Crippen molar-refractivity contribution >= 4 is 6.09 Å². The zero-order valence-electron chi connectivity index (χ0n) is 19.7. The largest absolute Gasteiger partial charge is 0.448 e. The van der Waals surface area contributed by atoms with E-state index in [1.54, 1.807) is 7.05 Å². The van der Waals surface area contributed by atoms with E-state index < -0.39 is 6.67 Å². The molecule has 0 saturated carbocycles. The summed E-state index contributed by atoms with van der Waals surface area (Å²) in [4.78, 5) is 14.0. The second kappa shape index (κ2) is 14.7. The lowest BCUT2D eigenvalue weighted by Crippen LogP contribution is -2.32. The number of alkyl halides is 1. The van der Waals surface area contributed by atoms with Crippen LogP contribution in [0.1, 0.15) is 17.0 Å². The lowest BCUT2D eigenvalue weighted by molar-refractivity contribution is -0.00450. The predicted octanol–water partition coefficient (Wildman–Crippen LogP) is 3.90. The number of ether oxygens (including phenoxy) is 5. The second-order valence-corrected chi connectivity index (χ2v) is 7.86. The van der Waals surface area contributed by atoms with Crippen LogP contribution in [0.4, 0.5) is 9.18 Å².